The van der Waals surface area contributed by atoms with Crippen molar-refractivity contribution in [2.24, 2.45) is 35.0 Å². The predicted molar refractivity (Wildman–Crippen MR) is 354 cm³/mol. The Labute approximate surface area is 552 Å². The molecule has 3 aromatic heterocycles. The van der Waals surface area contributed by atoms with Gasteiger partial charge in [-0.3, -0.25) is 9.59 Å². The third-order valence-corrected chi connectivity index (χ3v) is 23.4. The van der Waals surface area contributed by atoms with Gasteiger partial charge in [0.15, 0.2) is 0 Å². The van der Waals surface area contributed by atoms with Crippen LogP contribution in [0.1, 0.15) is 126 Å². The number of thiophene rings is 1. The van der Waals surface area contributed by atoms with Crippen molar-refractivity contribution in [2.75, 3.05) is 92.9 Å². The maximum atomic E-state index is 14.4. The Hall–Kier alpha value is -5.16. The fourth-order valence-electron chi connectivity index (χ4n) is 16.8. The highest BCUT2D eigenvalue weighted by molar-refractivity contribution is 7.21. The van der Waals surface area contributed by atoms with Crippen LogP contribution in [0, 0.1) is 35.0 Å². The third kappa shape index (κ3) is 14.9. The van der Waals surface area contributed by atoms with Crippen molar-refractivity contribution in [1.82, 2.24) is 35.1 Å². The topological polar surface area (TPSA) is 190 Å². The van der Waals surface area contributed by atoms with Gasteiger partial charge in [-0.05, 0) is 161 Å². The molecule has 2 saturated heterocycles. The lowest BCUT2D eigenvalue weighted by Crippen LogP contribution is -2.55. The zero-order valence-electron chi connectivity index (χ0n) is 54.6. The number of aliphatic hydroxyl groups excluding tert-OH is 1. The molecule has 0 unspecified atom stereocenters. The van der Waals surface area contributed by atoms with E-state index in [4.69, 9.17) is 49.5 Å². The molecule has 7 aliphatic rings. The van der Waals surface area contributed by atoms with Gasteiger partial charge in [-0.1, -0.05) is 91.2 Å². The van der Waals surface area contributed by atoms with Crippen LogP contribution < -0.4 is 10.1 Å². The molecule has 498 valence electrons. The summed E-state index contributed by atoms with van der Waals surface area (Å²) in [6.07, 6.45) is 18.1. The highest BCUT2D eigenvalue weighted by Gasteiger charge is 2.62. The summed E-state index contributed by atoms with van der Waals surface area (Å²) in [5, 5.41) is 23.8. The summed E-state index contributed by atoms with van der Waals surface area (Å²) in [6.45, 7) is 15.9. The van der Waals surface area contributed by atoms with Gasteiger partial charge < -0.3 is 58.1 Å². The first-order chi connectivity index (χ1) is 44.8. The van der Waals surface area contributed by atoms with Crippen LogP contribution in [0.25, 0.3) is 21.2 Å². The van der Waals surface area contributed by atoms with E-state index in [0.29, 0.717) is 138 Å². The monoisotopic (exact) mass is 1300 g/mol. The first-order valence-corrected chi connectivity index (χ1v) is 35.2. The summed E-state index contributed by atoms with van der Waals surface area (Å²) in [6, 6.07) is 20.8. The van der Waals surface area contributed by atoms with Crippen LogP contribution >= 0.6 is 22.9 Å². The van der Waals surface area contributed by atoms with E-state index < -0.39 is 0 Å². The van der Waals surface area contributed by atoms with Gasteiger partial charge in [0, 0.05) is 53.4 Å². The van der Waals surface area contributed by atoms with Crippen LogP contribution in [-0.4, -0.2) is 176 Å². The third-order valence-electron chi connectivity index (χ3n) is 21.7. The van der Waals surface area contributed by atoms with Crippen LogP contribution in [-0.2, 0) is 57.6 Å². The van der Waals surface area contributed by atoms with Crippen LogP contribution in [0.5, 0.6) is 5.88 Å². The van der Waals surface area contributed by atoms with E-state index in [1.54, 1.807) is 16.5 Å². The number of likely N-dealkylation sites (tertiary alicyclic amines) is 1. The number of ether oxygens (including phenoxy) is 8. The second-order valence-corrected chi connectivity index (χ2v) is 28.6. The van der Waals surface area contributed by atoms with Crippen molar-refractivity contribution < 1.29 is 52.6 Å². The molecule has 2 aliphatic heterocycles. The lowest BCUT2D eigenvalue weighted by Gasteiger charge is -2.49. The molecule has 18 nitrogen and oxygen atoms in total. The van der Waals surface area contributed by atoms with Crippen LogP contribution in [0.3, 0.4) is 0 Å². The van der Waals surface area contributed by atoms with Crippen LogP contribution in [0.2, 0.25) is 5.02 Å². The number of pyridine rings is 1. The van der Waals surface area contributed by atoms with Gasteiger partial charge in [0.2, 0.25) is 11.8 Å². The molecule has 5 heterocycles. The Bertz CT molecular complexity index is 3370. The summed E-state index contributed by atoms with van der Waals surface area (Å²) in [4.78, 5) is 37.5. The summed E-state index contributed by atoms with van der Waals surface area (Å²) in [5.74, 6) is 3.01. The molecule has 10 atom stereocenters. The molecule has 5 aromatic rings. The van der Waals surface area contributed by atoms with Crippen molar-refractivity contribution in [3.63, 3.8) is 0 Å². The van der Waals surface area contributed by atoms with E-state index in [0.717, 1.165) is 116 Å². The zero-order chi connectivity index (χ0) is 63.8. The number of nitrogens with zero attached hydrogens (tertiary/aromatic N) is 6. The highest BCUT2D eigenvalue weighted by Crippen LogP contribution is 2.65. The number of benzene rings is 2. The second kappa shape index (κ2) is 30.7. The smallest absolute Gasteiger partial charge is 0.266 e. The number of hydrogen-bond donors (Lipinski definition) is 2. The first kappa shape index (κ1) is 66.8. The zero-order valence-corrected chi connectivity index (χ0v) is 56.1. The quantitative estimate of drug-likeness (QED) is 0.0339. The number of nitrogens with one attached hydrogen (secondary N) is 1. The molecule has 5 fully saturated rings. The SMILES string of the molecule is CNC1CCC(N(Cc2cccc(-c3ccnc(OCCOCCOCCOCCn4cc(COCCOCCOCC(=O)N5C[C@@H](C)C[C@H]6O[C@]7(CC[C@@H]8C(=C7C)C[C@H]7[C@H]8CC=C8C[C@@H](O)CC[C@@]87C)[C@H](C)[C@@H]65)nn4)c3)c2)C(=O)c2sc3ccccc3c2Cl)CC1. The minimum Gasteiger partial charge on any atom is -0.475 e. The summed E-state index contributed by atoms with van der Waals surface area (Å²) < 4.78 is 50.8. The number of hydrogen-bond acceptors (Lipinski definition) is 16. The van der Waals surface area contributed by atoms with Gasteiger partial charge in [-0.2, -0.15) is 0 Å². The Morgan fingerprint density at radius 1 is 0.848 bits per heavy atom. The fourth-order valence-corrected chi connectivity index (χ4v) is 18.3. The molecule has 0 radical (unpaired) electrons. The Balaban J connectivity index is 0.486. The van der Waals surface area contributed by atoms with Gasteiger partial charge in [0.25, 0.3) is 5.91 Å². The number of fused-ring (bicyclic) bond motifs is 7. The van der Waals surface area contributed by atoms with E-state index in [-0.39, 0.29) is 59.6 Å². The number of carbonyl (C=O) groups excluding carboxylic acids is 2. The van der Waals surface area contributed by atoms with Gasteiger partial charge >= 0.3 is 0 Å². The van der Waals surface area contributed by atoms with Gasteiger partial charge in [-0.25, -0.2) is 9.67 Å². The number of allylic oxidation sites excluding steroid dienone is 2. The van der Waals surface area contributed by atoms with E-state index >= 15 is 0 Å². The lowest BCUT2D eigenvalue weighted by atomic mass is 9.56. The van der Waals surface area contributed by atoms with Crippen LogP contribution in [0.15, 0.2) is 95.9 Å². The average molecular weight is 1300 g/mol. The molecular weight excluding hydrogens is 1210 g/mol. The summed E-state index contributed by atoms with van der Waals surface area (Å²) in [5.41, 5.74) is 8.21. The second-order valence-electron chi connectivity index (χ2n) is 27.2. The molecule has 5 aliphatic carbocycles. The Morgan fingerprint density at radius 2 is 1.59 bits per heavy atom. The maximum absolute atomic E-state index is 14.4. The number of amides is 2. The van der Waals surface area contributed by atoms with E-state index in [9.17, 15) is 14.7 Å². The number of halogens is 1. The van der Waals surface area contributed by atoms with Crippen molar-refractivity contribution in [1.29, 1.82) is 0 Å². The number of carbonyl (C=O) groups is 2. The first-order valence-electron chi connectivity index (χ1n) is 34.0. The van der Waals surface area contributed by atoms with E-state index in [1.807, 2.05) is 60.6 Å². The van der Waals surface area contributed by atoms with Crippen molar-refractivity contribution in [2.45, 2.75) is 160 Å². The Kier molecular flexibility index (Phi) is 22.3. The molecule has 12 rings (SSSR count). The normalized spacial score (nSPS) is 28.5. The van der Waals surface area contributed by atoms with Crippen molar-refractivity contribution in [3.05, 3.63) is 117 Å². The summed E-state index contributed by atoms with van der Waals surface area (Å²) >= 11 is 8.35. The molecular formula is C72H96ClN7O11S. The summed E-state index contributed by atoms with van der Waals surface area (Å²) in [7, 11) is 2.02. The standard InChI is InChI=1S/C72H96ClN7O11S/c1-47-37-63-68(49(3)72(91-63)23-20-58-59-18-13-53-40-57(81)19-22-71(53,4)62(59)41-61(58)48(72)2)80(42-47)66(82)46-89-34-32-86-31-33-88-45-55-44-78(77-76-55)25-26-84-27-28-85-29-30-87-35-36-90-65-39-52(21-24-75-65)51-10-8-9-50(38-51)43-79(56-16-14-54(74-5)15-17-56)70(83)69-67(73)60-11-6-7-12-64(60)92-69/h6-13,21,24,38-39,44,47,49,54,56-59,62-63,68,74,81H,14-20,22-23,25-37,40-43,45-46H2,1-5H3/t47-,49+,54?,56?,57-,58-,59-,62-,63+,68-,71-,72-/m0/s1. The molecule has 20 heteroatoms. The minimum absolute atomic E-state index is 0.0131. The molecule has 1 spiro atoms. The molecule has 2 amide bonds. The lowest BCUT2D eigenvalue weighted by molar-refractivity contribution is -0.145. The number of piperidine rings is 1. The molecule has 0 bridgehead atoms. The van der Waals surface area contributed by atoms with Gasteiger partial charge in [0.1, 0.15) is 23.8 Å². The molecule has 3 saturated carbocycles. The number of aliphatic hydroxyl groups is 1. The van der Waals surface area contributed by atoms with Crippen LogP contribution in [0.4, 0.5) is 0 Å². The van der Waals surface area contributed by atoms with E-state index in [2.05, 4.69) is 77.5 Å². The highest BCUT2D eigenvalue weighted by atomic mass is 35.5. The maximum Gasteiger partial charge on any atom is 0.266 e. The van der Waals surface area contributed by atoms with Gasteiger partial charge in [0.05, 0.1) is 114 Å². The van der Waals surface area contributed by atoms with Crippen molar-refractivity contribution >= 4 is 44.8 Å². The fraction of sp³-hybridized carbons (Fsp3) is 0.625. The number of aromatic nitrogens is 4. The Morgan fingerprint density at radius 3 is 2.37 bits per heavy atom. The molecule has 2 N–H and O–H groups in total. The van der Waals surface area contributed by atoms with E-state index in [1.165, 1.54) is 22.5 Å². The van der Waals surface area contributed by atoms with Gasteiger partial charge in [-0.15, -0.1) is 16.4 Å². The molecule has 92 heavy (non-hydrogen) atoms. The molecule has 2 aromatic carbocycles. The average Bonchev–Trinajstić information content (AvgIpc) is 1.54. The largest absolute Gasteiger partial charge is 0.475 e. The van der Waals surface area contributed by atoms with Crippen molar-refractivity contribution in [3.8, 4) is 17.0 Å². The minimum atomic E-state index is -0.328. The predicted octanol–water partition coefficient (Wildman–Crippen LogP) is 11.3. The number of rotatable bonds is 29.